The van der Waals surface area contributed by atoms with E-state index in [1.165, 1.54) is 30.5 Å². The highest BCUT2D eigenvalue weighted by atomic mass is 32.1. The van der Waals surface area contributed by atoms with Crippen molar-refractivity contribution >= 4 is 12.2 Å². The first-order valence-electron chi connectivity index (χ1n) is 3.66. The molecule has 0 saturated heterocycles. The molecule has 1 aromatic rings. The molecule has 2 rings (SSSR count). The van der Waals surface area contributed by atoms with Crippen molar-refractivity contribution < 1.29 is 0 Å². The number of fused-ring (bicyclic) bond motifs is 1. The van der Waals surface area contributed by atoms with Gasteiger partial charge in [-0.15, -0.1) is 0 Å². The van der Waals surface area contributed by atoms with Crippen LogP contribution in [0.1, 0.15) is 24.1 Å². The molecule has 0 radical (unpaired) electrons. The Labute approximate surface area is 64.6 Å². The molecule has 0 unspecified atom stereocenters. The third kappa shape index (κ3) is 0.814. The Morgan fingerprint density at radius 1 is 1.10 bits per heavy atom. The number of aromatic amines is 2. The molecule has 0 bridgehead atoms. The van der Waals surface area contributed by atoms with Gasteiger partial charge in [0.25, 0.3) is 0 Å². The quantitative estimate of drug-likeness (QED) is 0.550. The highest BCUT2D eigenvalue weighted by molar-refractivity contribution is 7.71. The van der Waals surface area contributed by atoms with E-state index in [4.69, 9.17) is 12.2 Å². The molecule has 0 fully saturated rings. The summed E-state index contributed by atoms with van der Waals surface area (Å²) >= 11 is 5.09. The molecule has 3 heteroatoms. The maximum atomic E-state index is 5.09. The highest BCUT2D eigenvalue weighted by Gasteiger charge is 2.11. The lowest BCUT2D eigenvalue weighted by atomic mass is 9.99. The van der Waals surface area contributed by atoms with Crippen LogP contribution in [0.3, 0.4) is 0 Å². The fraction of sp³-hybridized carbons (Fsp3) is 0.571. The van der Waals surface area contributed by atoms with Crippen molar-refractivity contribution in [3.05, 3.63) is 15.9 Å². The smallest absolute Gasteiger partial charge is 0.122 e. The minimum atomic E-state index is 0.912. The minimum absolute atomic E-state index is 0.912. The summed E-state index contributed by atoms with van der Waals surface area (Å²) < 4.78 is 0.912. The van der Waals surface area contributed by atoms with Gasteiger partial charge in [-0.25, -0.2) is 0 Å². The predicted octanol–water partition coefficient (Wildman–Crippen LogP) is 1.95. The van der Waals surface area contributed by atoms with Crippen LogP contribution in [0.15, 0.2) is 0 Å². The van der Waals surface area contributed by atoms with Crippen molar-refractivity contribution in [2.24, 2.45) is 0 Å². The molecule has 0 aromatic carbocycles. The van der Waals surface area contributed by atoms with Gasteiger partial charge in [0, 0.05) is 11.3 Å². The first kappa shape index (κ1) is 6.16. The van der Waals surface area contributed by atoms with Crippen LogP contribution in [0, 0.1) is 4.64 Å². The van der Waals surface area contributed by atoms with Crippen molar-refractivity contribution in [3.8, 4) is 0 Å². The van der Waals surface area contributed by atoms with Gasteiger partial charge >= 0.3 is 0 Å². The first-order valence-corrected chi connectivity index (χ1v) is 4.07. The molecule has 10 heavy (non-hydrogen) atoms. The topological polar surface area (TPSA) is 31.6 Å². The second-order valence-corrected chi connectivity index (χ2v) is 3.15. The van der Waals surface area contributed by atoms with E-state index in [0.717, 1.165) is 11.1 Å². The number of aromatic nitrogens is 2. The zero-order chi connectivity index (χ0) is 6.97. The van der Waals surface area contributed by atoms with Gasteiger partial charge in [0.05, 0.1) is 0 Å². The fourth-order valence-corrected chi connectivity index (χ4v) is 1.78. The highest BCUT2D eigenvalue weighted by Crippen LogP contribution is 2.18. The van der Waals surface area contributed by atoms with E-state index < -0.39 is 0 Å². The van der Waals surface area contributed by atoms with E-state index in [1.807, 2.05) is 0 Å². The Morgan fingerprint density at radius 2 is 1.90 bits per heavy atom. The van der Waals surface area contributed by atoms with E-state index in [-0.39, 0.29) is 0 Å². The van der Waals surface area contributed by atoms with Gasteiger partial charge in [-0.2, -0.15) is 0 Å². The van der Waals surface area contributed by atoms with Crippen molar-refractivity contribution in [2.75, 3.05) is 0 Å². The average molecular weight is 154 g/mol. The molecule has 1 aromatic heterocycles. The molecule has 0 saturated carbocycles. The minimum Gasteiger partial charge on any atom is -0.304 e. The first-order chi connectivity index (χ1) is 4.88. The van der Waals surface area contributed by atoms with E-state index in [2.05, 4.69) is 10.2 Å². The monoisotopic (exact) mass is 154 g/mol. The van der Waals surface area contributed by atoms with Gasteiger partial charge in [-0.3, -0.25) is 5.10 Å². The van der Waals surface area contributed by atoms with Crippen LogP contribution in [-0.2, 0) is 12.8 Å². The van der Waals surface area contributed by atoms with Crippen LogP contribution in [0.25, 0.3) is 0 Å². The second-order valence-electron chi connectivity index (χ2n) is 2.74. The zero-order valence-electron chi connectivity index (χ0n) is 5.74. The maximum Gasteiger partial charge on any atom is 0.122 e. The third-order valence-electron chi connectivity index (χ3n) is 2.07. The van der Waals surface area contributed by atoms with Crippen LogP contribution in [-0.4, -0.2) is 10.2 Å². The van der Waals surface area contributed by atoms with E-state index in [1.54, 1.807) is 0 Å². The average Bonchev–Trinajstić information content (AvgIpc) is 2.34. The lowest BCUT2D eigenvalue weighted by molar-refractivity contribution is 0.674. The predicted molar refractivity (Wildman–Crippen MR) is 42.6 cm³/mol. The molecule has 0 atom stereocenters. The zero-order valence-corrected chi connectivity index (χ0v) is 6.55. The SMILES string of the molecule is S=c1[nH][nH]c2c1CCCC2. The summed E-state index contributed by atoms with van der Waals surface area (Å²) in [5, 5.41) is 6.07. The molecule has 0 spiro atoms. The maximum absolute atomic E-state index is 5.09. The van der Waals surface area contributed by atoms with E-state index in [9.17, 15) is 0 Å². The summed E-state index contributed by atoms with van der Waals surface area (Å²) in [5.74, 6) is 0. The molecule has 2 nitrogen and oxygen atoms in total. The van der Waals surface area contributed by atoms with E-state index >= 15 is 0 Å². The molecular formula is C7H10N2S. The number of H-pyrrole nitrogens is 2. The fourth-order valence-electron chi connectivity index (χ4n) is 1.50. The molecule has 1 aliphatic rings. The Hall–Kier alpha value is -0.570. The Balaban J connectivity index is 2.55. The molecule has 1 heterocycles. The molecular weight excluding hydrogens is 144 g/mol. The van der Waals surface area contributed by atoms with Crippen LogP contribution in [0.5, 0.6) is 0 Å². The Bertz CT molecular complexity index is 284. The van der Waals surface area contributed by atoms with E-state index in [0.29, 0.717) is 0 Å². The molecule has 2 N–H and O–H groups in total. The van der Waals surface area contributed by atoms with Gasteiger partial charge in [0.2, 0.25) is 0 Å². The Kier molecular flexibility index (Phi) is 1.38. The number of hydrogen-bond donors (Lipinski definition) is 2. The number of nitrogens with one attached hydrogen (secondary N) is 2. The molecule has 1 aliphatic carbocycles. The lowest BCUT2D eigenvalue weighted by Gasteiger charge is -2.07. The van der Waals surface area contributed by atoms with Gasteiger partial charge in [-0.1, -0.05) is 12.2 Å². The van der Waals surface area contributed by atoms with Gasteiger partial charge < -0.3 is 5.10 Å². The normalized spacial score (nSPS) is 16.8. The summed E-state index contributed by atoms with van der Waals surface area (Å²) in [6.45, 7) is 0. The van der Waals surface area contributed by atoms with Crippen molar-refractivity contribution in [1.29, 1.82) is 0 Å². The van der Waals surface area contributed by atoms with Gasteiger partial charge in [0.15, 0.2) is 0 Å². The summed E-state index contributed by atoms with van der Waals surface area (Å²) in [5.41, 5.74) is 2.68. The van der Waals surface area contributed by atoms with Gasteiger partial charge in [-0.05, 0) is 25.7 Å². The van der Waals surface area contributed by atoms with Crippen LogP contribution < -0.4 is 0 Å². The number of hydrogen-bond acceptors (Lipinski definition) is 1. The van der Waals surface area contributed by atoms with Crippen molar-refractivity contribution in [2.45, 2.75) is 25.7 Å². The largest absolute Gasteiger partial charge is 0.304 e. The summed E-state index contributed by atoms with van der Waals surface area (Å²) in [6, 6.07) is 0. The van der Waals surface area contributed by atoms with Gasteiger partial charge in [0.1, 0.15) is 4.64 Å². The van der Waals surface area contributed by atoms with Crippen molar-refractivity contribution in [1.82, 2.24) is 10.2 Å². The van der Waals surface area contributed by atoms with Crippen LogP contribution >= 0.6 is 12.2 Å². The third-order valence-corrected chi connectivity index (χ3v) is 2.42. The summed E-state index contributed by atoms with van der Waals surface area (Å²) in [6.07, 6.45) is 4.93. The standard InChI is InChI=1S/C7H10N2S/c10-7-5-3-1-2-4-6(5)8-9-7/h1-4H2,(H2,8,9,10). The molecule has 0 amide bonds. The Morgan fingerprint density at radius 3 is 2.70 bits per heavy atom. The number of aryl methyl sites for hydroxylation is 1. The second kappa shape index (κ2) is 2.23. The van der Waals surface area contributed by atoms with Crippen molar-refractivity contribution in [3.63, 3.8) is 0 Å². The number of rotatable bonds is 0. The van der Waals surface area contributed by atoms with Crippen LogP contribution in [0.2, 0.25) is 0 Å². The summed E-state index contributed by atoms with van der Waals surface area (Å²) in [7, 11) is 0. The lowest BCUT2D eigenvalue weighted by Crippen LogP contribution is -1.99. The molecule has 54 valence electrons. The molecule has 0 aliphatic heterocycles. The summed E-state index contributed by atoms with van der Waals surface area (Å²) in [4.78, 5) is 0. The van der Waals surface area contributed by atoms with Crippen LogP contribution in [0.4, 0.5) is 0 Å².